The molecule has 0 aliphatic carbocycles. The molecule has 0 unspecified atom stereocenters. The average molecular weight is 347 g/mol. The van der Waals surface area contributed by atoms with Crippen molar-refractivity contribution in [1.82, 2.24) is 15.8 Å². The van der Waals surface area contributed by atoms with E-state index in [4.69, 9.17) is 4.74 Å². The quantitative estimate of drug-likeness (QED) is 0.568. The van der Waals surface area contributed by atoms with Crippen LogP contribution in [0.15, 0.2) is 35.2 Å². The zero-order chi connectivity index (χ0) is 17.2. The standard InChI is InChI=1S/C17H21N3O3S/c1-2-3-4-5-10-23-14-8-6-13(7-9-14)16(21)19-20-17(22)15-11-24-12-18-15/h6-9,11-12H,2-5,10H2,1H3,(H,19,21)(H,20,22). The summed E-state index contributed by atoms with van der Waals surface area (Å²) >= 11 is 1.31. The minimum Gasteiger partial charge on any atom is -0.494 e. The number of hydrogen-bond acceptors (Lipinski definition) is 5. The molecule has 0 atom stereocenters. The highest BCUT2D eigenvalue weighted by Crippen LogP contribution is 2.13. The molecular formula is C17H21N3O3S. The normalized spacial score (nSPS) is 10.2. The van der Waals surface area contributed by atoms with Gasteiger partial charge in [0, 0.05) is 10.9 Å². The highest BCUT2D eigenvalue weighted by Gasteiger charge is 2.10. The smallest absolute Gasteiger partial charge is 0.289 e. The molecular weight excluding hydrogens is 326 g/mol. The first kappa shape index (κ1) is 17.9. The Labute approximate surface area is 145 Å². The summed E-state index contributed by atoms with van der Waals surface area (Å²) in [4.78, 5) is 27.5. The summed E-state index contributed by atoms with van der Waals surface area (Å²) in [5.41, 5.74) is 6.95. The van der Waals surface area contributed by atoms with Crippen molar-refractivity contribution in [3.63, 3.8) is 0 Å². The van der Waals surface area contributed by atoms with Crippen LogP contribution in [-0.2, 0) is 0 Å². The highest BCUT2D eigenvalue weighted by molar-refractivity contribution is 7.07. The second-order valence-corrected chi connectivity index (χ2v) is 5.93. The van der Waals surface area contributed by atoms with Gasteiger partial charge < -0.3 is 4.74 Å². The summed E-state index contributed by atoms with van der Waals surface area (Å²) in [6.45, 7) is 2.85. The molecule has 0 aliphatic rings. The van der Waals surface area contributed by atoms with Gasteiger partial charge in [-0.05, 0) is 30.7 Å². The molecule has 0 saturated carbocycles. The van der Waals surface area contributed by atoms with Crippen LogP contribution in [0.2, 0.25) is 0 Å². The van der Waals surface area contributed by atoms with Gasteiger partial charge in [0.15, 0.2) is 0 Å². The fourth-order valence-electron chi connectivity index (χ4n) is 2.00. The van der Waals surface area contributed by atoms with E-state index in [2.05, 4.69) is 22.8 Å². The van der Waals surface area contributed by atoms with Crippen molar-refractivity contribution in [2.24, 2.45) is 0 Å². The molecule has 2 N–H and O–H groups in total. The minimum atomic E-state index is -0.448. The second-order valence-electron chi connectivity index (χ2n) is 5.22. The number of carbonyl (C=O) groups is 2. The third-order valence-electron chi connectivity index (χ3n) is 3.34. The molecule has 6 nitrogen and oxygen atoms in total. The average Bonchev–Trinajstić information content (AvgIpc) is 3.14. The van der Waals surface area contributed by atoms with Gasteiger partial charge in [-0.25, -0.2) is 4.98 Å². The van der Waals surface area contributed by atoms with Gasteiger partial charge in [-0.15, -0.1) is 11.3 Å². The van der Waals surface area contributed by atoms with Crippen molar-refractivity contribution in [3.8, 4) is 5.75 Å². The Hall–Kier alpha value is -2.41. The van der Waals surface area contributed by atoms with Crippen LogP contribution < -0.4 is 15.6 Å². The van der Waals surface area contributed by atoms with Crippen molar-refractivity contribution in [2.45, 2.75) is 32.6 Å². The summed E-state index contributed by atoms with van der Waals surface area (Å²) in [7, 11) is 0. The van der Waals surface area contributed by atoms with E-state index < -0.39 is 11.8 Å². The number of carbonyl (C=O) groups excluding carboxylic acids is 2. The molecule has 0 bridgehead atoms. The van der Waals surface area contributed by atoms with Crippen molar-refractivity contribution in [2.75, 3.05) is 6.61 Å². The van der Waals surface area contributed by atoms with Crippen LogP contribution in [0.25, 0.3) is 0 Å². The Balaban J connectivity index is 1.75. The van der Waals surface area contributed by atoms with Crippen LogP contribution in [0.4, 0.5) is 0 Å². The molecule has 0 fully saturated rings. The first-order valence-corrected chi connectivity index (χ1v) is 8.86. The van der Waals surface area contributed by atoms with E-state index in [1.54, 1.807) is 35.2 Å². The zero-order valence-corrected chi connectivity index (χ0v) is 14.4. The van der Waals surface area contributed by atoms with Crippen LogP contribution in [0.1, 0.15) is 53.5 Å². The van der Waals surface area contributed by atoms with Crippen LogP contribution in [-0.4, -0.2) is 23.4 Å². The van der Waals surface area contributed by atoms with Crippen molar-refractivity contribution >= 4 is 23.2 Å². The number of aromatic nitrogens is 1. The van der Waals surface area contributed by atoms with E-state index in [0.29, 0.717) is 12.2 Å². The summed E-state index contributed by atoms with van der Waals surface area (Å²) in [6.07, 6.45) is 4.60. The molecule has 1 aromatic heterocycles. The van der Waals surface area contributed by atoms with E-state index in [-0.39, 0.29) is 5.69 Å². The maximum atomic E-state index is 12.0. The number of hydrogen-bond donors (Lipinski definition) is 2. The Bertz CT molecular complexity index is 642. The number of ether oxygens (including phenoxy) is 1. The molecule has 2 rings (SSSR count). The first-order chi connectivity index (χ1) is 11.7. The van der Waals surface area contributed by atoms with Gasteiger partial charge in [0.1, 0.15) is 11.4 Å². The lowest BCUT2D eigenvalue weighted by Crippen LogP contribution is -2.41. The predicted octanol–water partition coefficient (Wildman–Crippen LogP) is 3.18. The summed E-state index contributed by atoms with van der Waals surface area (Å²) in [6, 6.07) is 6.81. The Morgan fingerprint density at radius 1 is 1.08 bits per heavy atom. The summed E-state index contributed by atoms with van der Waals surface area (Å²) in [5.74, 6) is -0.112. The first-order valence-electron chi connectivity index (χ1n) is 7.92. The number of amides is 2. The molecule has 1 heterocycles. The molecule has 7 heteroatoms. The molecule has 0 aliphatic heterocycles. The number of thiazole rings is 1. The number of nitrogens with zero attached hydrogens (tertiary/aromatic N) is 1. The fourth-order valence-corrected chi connectivity index (χ4v) is 2.53. The molecule has 0 saturated heterocycles. The minimum absolute atomic E-state index is 0.270. The number of benzene rings is 1. The fraction of sp³-hybridized carbons (Fsp3) is 0.353. The van der Waals surface area contributed by atoms with Crippen LogP contribution >= 0.6 is 11.3 Å². The number of hydrazine groups is 1. The molecule has 2 amide bonds. The third kappa shape index (κ3) is 5.66. The van der Waals surface area contributed by atoms with Gasteiger partial charge in [0.2, 0.25) is 0 Å². The van der Waals surface area contributed by atoms with Gasteiger partial charge in [-0.3, -0.25) is 20.4 Å². The van der Waals surface area contributed by atoms with E-state index in [9.17, 15) is 9.59 Å². The maximum Gasteiger partial charge on any atom is 0.289 e. The van der Waals surface area contributed by atoms with Crippen molar-refractivity contribution < 1.29 is 14.3 Å². The molecule has 2 aromatic rings. The number of unbranched alkanes of at least 4 members (excludes halogenated alkanes) is 3. The van der Waals surface area contributed by atoms with Gasteiger partial charge >= 0.3 is 0 Å². The Kier molecular flexibility index (Phi) is 7.22. The van der Waals surface area contributed by atoms with Crippen LogP contribution in [0, 0.1) is 0 Å². The predicted molar refractivity (Wildman–Crippen MR) is 93.1 cm³/mol. The maximum absolute atomic E-state index is 12.0. The zero-order valence-electron chi connectivity index (χ0n) is 13.6. The third-order valence-corrected chi connectivity index (χ3v) is 3.92. The number of nitrogens with one attached hydrogen (secondary N) is 2. The van der Waals surface area contributed by atoms with E-state index in [1.807, 2.05) is 0 Å². The molecule has 24 heavy (non-hydrogen) atoms. The van der Waals surface area contributed by atoms with Gasteiger partial charge in [0.25, 0.3) is 11.8 Å². The lowest BCUT2D eigenvalue weighted by molar-refractivity contribution is 0.0844. The molecule has 1 aromatic carbocycles. The van der Waals surface area contributed by atoms with Gasteiger partial charge in [0.05, 0.1) is 12.1 Å². The Morgan fingerprint density at radius 3 is 2.50 bits per heavy atom. The molecule has 0 radical (unpaired) electrons. The monoisotopic (exact) mass is 347 g/mol. The van der Waals surface area contributed by atoms with E-state index in [0.717, 1.165) is 18.6 Å². The SMILES string of the molecule is CCCCCCOc1ccc(C(=O)NNC(=O)c2cscn2)cc1. The molecule has 0 spiro atoms. The van der Waals surface area contributed by atoms with Crippen molar-refractivity contribution in [1.29, 1.82) is 0 Å². The lowest BCUT2D eigenvalue weighted by atomic mass is 10.2. The topological polar surface area (TPSA) is 80.3 Å². The van der Waals surface area contributed by atoms with Crippen LogP contribution in [0.3, 0.4) is 0 Å². The van der Waals surface area contributed by atoms with Gasteiger partial charge in [-0.2, -0.15) is 0 Å². The van der Waals surface area contributed by atoms with Gasteiger partial charge in [-0.1, -0.05) is 26.2 Å². The summed E-state index contributed by atoms with van der Waals surface area (Å²) < 4.78 is 5.63. The number of rotatable bonds is 8. The second kappa shape index (κ2) is 9.67. The molecule has 128 valence electrons. The van der Waals surface area contributed by atoms with E-state index in [1.165, 1.54) is 24.2 Å². The Morgan fingerprint density at radius 2 is 1.83 bits per heavy atom. The van der Waals surface area contributed by atoms with E-state index >= 15 is 0 Å². The largest absolute Gasteiger partial charge is 0.494 e. The summed E-state index contributed by atoms with van der Waals surface area (Å²) in [5, 5.41) is 1.61. The highest BCUT2D eigenvalue weighted by atomic mass is 32.1. The van der Waals surface area contributed by atoms with Crippen molar-refractivity contribution in [3.05, 3.63) is 46.4 Å². The van der Waals surface area contributed by atoms with Crippen LogP contribution in [0.5, 0.6) is 5.75 Å². The lowest BCUT2D eigenvalue weighted by Gasteiger charge is -2.08.